The molecule has 1 heterocycles. The molecule has 72 valence electrons. The van der Waals surface area contributed by atoms with Crippen LogP contribution in [0, 0.1) is 5.92 Å². The first-order chi connectivity index (χ1) is 5.88. The van der Waals surface area contributed by atoms with Gasteiger partial charge in [-0.1, -0.05) is 6.92 Å². The van der Waals surface area contributed by atoms with E-state index in [9.17, 15) is 0 Å². The van der Waals surface area contributed by atoms with E-state index in [2.05, 4.69) is 12.2 Å². The lowest BCUT2D eigenvalue weighted by atomic mass is 9.96. The van der Waals surface area contributed by atoms with Gasteiger partial charge in [-0.3, -0.25) is 0 Å². The lowest BCUT2D eigenvalue weighted by Gasteiger charge is -2.30. The maximum absolute atomic E-state index is 9.04. The Labute approximate surface area is 74.1 Å². The fourth-order valence-electron chi connectivity index (χ4n) is 1.58. The maximum Gasteiger partial charge on any atom is 0.0531 e. The van der Waals surface area contributed by atoms with Gasteiger partial charge in [0, 0.05) is 25.2 Å². The third-order valence-corrected chi connectivity index (χ3v) is 2.37. The third kappa shape index (κ3) is 2.73. The van der Waals surface area contributed by atoms with E-state index in [1.165, 1.54) is 0 Å². The summed E-state index contributed by atoms with van der Waals surface area (Å²) in [6.45, 7) is 4.97. The van der Waals surface area contributed by atoms with Crippen molar-refractivity contribution in [1.82, 2.24) is 5.32 Å². The van der Waals surface area contributed by atoms with Crippen LogP contribution in [0.1, 0.15) is 19.8 Å². The first-order valence-corrected chi connectivity index (χ1v) is 4.80. The molecular weight excluding hydrogens is 154 g/mol. The summed E-state index contributed by atoms with van der Waals surface area (Å²) in [7, 11) is 0. The molecule has 0 aromatic carbocycles. The molecule has 12 heavy (non-hydrogen) atoms. The molecule has 0 radical (unpaired) electrons. The van der Waals surface area contributed by atoms with Gasteiger partial charge in [-0.2, -0.15) is 0 Å². The Balaban J connectivity index is 2.26. The lowest BCUT2D eigenvalue weighted by molar-refractivity contribution is 0.00847. The standard InChI is InChI=1S/C9H19NO2/c1-2-4-10-9-3-5-12-7-8(9)6-11/h8-11H,2-7H2,1H3. The zero-order chi connectivity index (χ0) is 8.81. The molecule has 1 aliphatic rings. The Morgan fingerprint density at radius 2 is 2.42 bits per heavy atom. The topological polar surface area (TPSA) is 41.5 Å². The number of aliphatic hydroxyl groups is 1. The number of nitrogens with one attached hydrogen (secondary N) is 1. The Hall–Kier alpha value is -0.120. The summed E-state index contributed by atoms with van der Waals surface area (Å²) in [6, 6.07) is 0.462. The summed E-state index contributed by atoms with van der Waals surface area (Å²) in [5.74, 6) is 0.297. The van der Waals surface area contributed by atoms with Crippen molar-refractivity contribution in [1.29, 1.82) is 0 Å². The van der Waals surface area contributed by atoms with E-state index in [-0.39, 0.29) is 6.61 Å². The Morgan fingerprint density at radius 3 is 3.08 bits per heavy atom. The molecule has 3 heteroatoms. The van der Waals surface area contributed by atoms with Crippen LogP contribution in [0.5, 0.6) is 0 Å². The van der Waals surface area contributed by atoms with Crippen LogP contribution in [0.3, 0.4) is 0 Å². The highest BCUT2D eigenvalue weighted by molar-refractivity contribution is 4.78. The number of ether oxygens (including phenoxy) is 1. The molecule has 1 fully saturated rings. The Kier molecular flexibility index (Phi) is 4.58. The minimum atomic E-state index is 0.237. The molecule has 2 N–H and O–H groups in total. The second kappa shape index (κ2) is 5.51. The van der Waals surface area contributed by atoms with E-state index >= 15 is 0 Å². The van der Waals surface area contributed by atoms with Crippen molar-refractivity contribution in [2.45, 2.75) is 25.8 Å². The zero-order valence-corrected chi connectivity index (χ0v) is 7.75. The van der Waals surface area contributed by atoms with Gasteiger partial charge in [0.15, 0.2) is 0 Å². The number of rotatable bonds is 4. The van der Waals surface area contributed by atoms with Crippen molar-refractivity contribution in [3.8, 4) is 0 Å². The molecule has 2 atom stereocenters. The first-order valence-electron chi connectivity index (χ1n) is 4.80. The van der Waals surface area contributed by atoms with Gasteiger partial charge in [0.1, 0.15) is 0 Å². The van der Waals surface area contributed by atoms with Gasteiger partial charge >= 0.3 is 0 Å². The quantitative estimate of drug-likeness (QED) is 0.646. The molecule has 0 aliphatic carbocycles. The Morgan fingerprint density at radius 1 is 1.58 bits per heavy atom. The molecular formula is C9H19NO2. The molecule has 3 nitrogen and oxygen atoms in total. The fourth-order valence-corrected chi connectivity index (χ4v) is 1.58. The average Bonchev–Trinajstić information content (AvgIpc) is 2.15. The van der Waals surface area contributed by atoms with Crippen LogP contribution in [0.2, 0.25) is 0 Å². The summed E-state index contributed by atoms with van der Waals surface area (Å²) < 4.78 is 5.28. The molecule has 0 saturated carbocycles. The molecule has 1 rings (SSSR count). The van der Waals surface area contributed by atoms with Crippen LogP contribution >= 0.6 is 0 Å². The normalized spacial score (nSPS) is 30.5. The first kappa shape index (κ1) is 9.96. The van der Waals surface area contributed by atoms with Gasteiger partial charge in [0.25, 0.3) is 0 Å². The van der Waals surface area contributed by atoms with Crippen LogP contribution in [-0.2, 0) is 4.74 Å². The van der Waals surface area contributed by atoms with Gasteiger partial charge in [0.05, 0.1) is 6.61 Å². The highest BCUT2D eigenvalue weighted by Crippen LogP contribution is 2.13. The van der Waals surface area contributed by atoms with Crippen LogP contribution in [-0.4, -0.2) is 37.5 Å². The van der Waals surface area contributed by atoms with Crippen LogP contribution in [0.15, 0.2) is 0 Å². The van der Waals surface area contributed by atoms with E-state index < -0.39 is 0 Å². The SMILES string of the molecule is CCCNC1CCOCC1CO. The third-order valence-electron chi connectivity index (χ3n) is 2.37. The predicted molar refractivity (Wildman–Crippen MR) is 48.1 cm³/mol. The van der Waals surface area contributed by atoms with Crippen molar-refractivity contribution in [3.63, 3.8) is 0 Å². The van der Waals surface area contributed by atoms with Gasteiger partial charge in [-0.05, 0) is 19.4 Å². The van der Waals surface area contributed by atoms with E-state index in [1.54, 1.807) is 0 Å². The summed E-state index contributed by atoms with van der Waals surface area (Å²) in [6.07, 6.45) is 2.18. The highest BCUT2D eigenvalue weighted by atomic mass is 16.5. The zero-order valence-electron chi connectivity index (χ0n) is 7.75. The fraction of sp³-hybridized carbons (Fsp3) is 1.00. The maximum atomic E-state index is 9.04. The van der Waals surface area contributed by atoms with Gasteiger partial charge in [0.2, 0.25) is 0 Å². The minimum absolute atomic E-state index is 0.237. The van der Waals surface area contributed by atoms with E-state index in [0.717, 1.165) is 26.0 Å². The smallest absolute Gasteiger partial charge is 0.0531 e. The van der Waals surface area contributed by atoms with Crippen molar-refractivity contribution in [2.24, 2.45) is 5.92 Å². The number of aliphatic hydroxyl groups excluding tert-OH is 1. The van der Waals surface area contributed by atoms with E-state index in [4.69, 9.17) is 9.84 Å². The minimum Gasteiger partial charge on any atom is -0.396 e. The Bertz CT molecular complexity index is 119. The average molecular weight is 173 g/mol. The largest absolute Gasteiger partial charge is 0.396 e. The molecule has 0 amide bonds. The van der Waals surface area contributed by atoms with Crippen molar-refractivity contribution in [2.75, 3.05) is 26.4 Å². The summed E-state index contributed by atoms with van der Waals surface area (Å²) in [5, 5.41) is 12.5. The molecule has 0 bridgehead atoms. The van der Waals surface area contributed by atoms with E-state index in [0.29, 0.717) is 18.6 Å². The van der Waals surface area contributed by atoms with Gasteiger partial charge in [-0.15, -0.1) is 0 Å². The van der Waals surface area contributed by atoms with Crippen LogP contribution in [0.4, 0.5) is 0 Å². The molecule has 1 aliphatic heterocycles. The predicted octanol–water partition coefficient (Wildman–Crippen LogP) is 0.383. The lowest BCUT2D eigenvalue weighted by Crippen LogP contribution is -2.44. The molecule has 0 aromatic heterocycles. The molecule has 1 saturated heterocycles. The summed E-state index contributed by atoms with van der Waals surface area (Å²) in [4.78, 5) is 0. The summed E-state index contributed by atoms with van der Waals surface area (Å²) in [5.41, 5.74) is 0. The summed E-state index contributed by atoms with van der Waals surface area (Å²) >= 11 is 0. The molecule has 0 aromatic rings. The van der Waals surface area contributed by atoms with Gasteiger partial charge in [-0.25, -0.2) is 0 Å². The molecule has 0 spiro atoms. The van der Waals surface area contributed by atoms with Crippen LogP contribution in [0.25, 0.3) is 0 Å². The van der Waals surface area contributed by atoms with Crippen molar-refractivity contribution < 1.29 is 9.84 Å². The van der Waals surface area contributed by atoms with Crippen molar-refractivity contribution >= 4 is 0 Å². The van der Waals surface area contributed by atoms with Crippen molar-refractivity contribution in [3.05, 3.63) is 0 Å². The second-order valence-corrected chi connectivity index (χ2v) is 3.37. The number of hydrogen-bond donors (Lipinski definition) is 2. The molecule has 2 unspecified atom stereocenters. The monoisotopic (exact) mass is 173 g/mol. The van der Waals surface area contributed by atoms with E-state index in [1.807, 2.05) is 0 Å². The van der Waals surface area contributed by atoms with Gasteiger partial charge < -0.3 is 15.2 Å². The highest BCUT2D eigenvalue weighted by Gasteiger charge is 2.23. The van der Waals surface area contributed by atoms with Crippen LogP contribution < -0.4 is 5.32 Å². The number of hydrogen-bond acceptors (Lipinski definition) is 3. The second-order valence-electron chi connectivity index (χ2n) is 3.37.